The minimum absolute atomic E-state index is 0. The van der Waals surface area contributed by atoms with Crippen LogP contribution in [-0.4, -0.2) is 30.5 Å². The lowest BCUT2D eigenvalue weighted by Gasteiger charge is -2.21. The minimum atomic E-state index is 0. The quantitative estimate of drug-likeness (QED) is 0.783. The molecule has 0 aromatic carbocycles. The average molecular weight is 362 g/mol. The van der Waals surface area contributed by atoms with E-state index in [1.807, 2.05) is 12.3 Å². The average Bonchev–Trinajstić information content (AvgIpc) is 2.99. The molecule has 2 rings (SSSR count). The molecule has 0 radical (unpaired) electrons. The van der Waals surface area contributed by atoms with Gasteiger partial charge in [-0.15, -0.1) is 24.8 Å². The second-order valence-corrected chi connectivity index (χ2v) is 6.34. The normalized spacial score (nSPS) is 18.0. The fraction of sp³-hybridized carbons (Fsp3) is 0.647. The molecule has 1 saturated heterocycles. The largest absolute Gasteiger partial charge is 0.355 e. The molecule has 23 heavy (non-hydrogen) atoms. The van der Waals surface area contributed by atoms with Gasteiger partial charge in [0, 0.05) is 31.3 Å². The van der Waals surface area contributed by atoms with Gasteiger partial charge in [-0.2, -0.15) is 0 Å². The summed E-state index contributed by atoms with van der Waals surface area (Å²) in [6.45, 7) is 7.24. The number of carbonyl (C=O) groups excluding carboxylic acids is 1. The van der Waals surface area contributed by atoms with E-state index in [9.17, 15) is 4.79 Å². The summed E-state index contributed by atoms with van der Waals surface area (Å²) >= 11 is 0. The number of nitrogens with one attached hydrogen (secondary N) is 2. The van der Waals surface area contributed by atoms with E-state index in [1.165, 1.54) is 12.0 Å². The molecule has 0 aliphatic carbocycles. The molecule has 132 valence electrons. The SMILES string of the molecule is CC(C)C(CNC(=O)CCC1CCNC1)c1cccnc1.Cl.Cl. The summed E-state index contributed by atoms with van der Waals surface area (Å²) in [4.78, 5) is 16.2. The maximum absolute atomic E-state index is 12.0. The van der Waals surface area contributed by atoms with Gasteiger partial charge in [-0.25, -0.2) is 0 Å². The van der Waals surface area contributed by atoms with Crippen molar-refractivity contribution in [3.8, 4) is 0 Å². The van der Waals surface area contributed by atoms with Gasteiger partial charge in [0.1, 0.15) is 0 Å². The predicted molar refractivity (Wildman–Crippen MR) is 99.5 cm³/mol. The van der Waals surface area contributed by atoms with Gasteiger partial charge < -0.3 is 10.6 Å². The first-order chi connectivity index (χ1) is 10.2. The maximum atomic E-state index is 12.0. The summed E-state index contributed by atoms with van der Waals surface area (Å²) in [7, 11) is 0. The number of pyridine rings is 1. The Kier molecular flexibility index (Phi) is 11.2. The molecule has 0 bridgehead atoms. The summed E-state index contributed by atoms with van der Waals surface area (Å²) in [5, 5.41) is 6.44. The van der Waals surface area contributed by atoms with Gasteiger partial charge in [-0.3, -0.25) is 9.78 Å². The first-order valence-electron chi connectivity index (χ1n) is 8.04. The Morgan fingerprint density at radius 2 is 2.22 bits per heavy atom. The molecule has 6 heteroatoms. The lowest BCUT2D eigenvalue weighted by Crippen LogP contribution is -2.30. The molecule has 1 aromatic rings. The van der Waals surface area contributed by atoms with Crippen molar-refractivity contribution in [3.05, 3.63) is 30.1 Å². The Balaban J connectivity index is 0.00000242. The van der Waals surface area contributed by atoms with E-state index in [2.05, 4.69) is 35.5 Å². The van der Waals surface area contributed by atoms with E-state index >= 15 is 0 Å². The Hall–Kier alpha value is -0.840. The molecule has 0 spiro atoms. The zero-order chi connectivity index (χ0) is 15.1. The third kappa shape index (κ3) is 7.51. The third-order valence-electron chi connectivity index (χ3n) is 4.38. The van der Waals surface area contributed by atoms with Crippen LogP contribution in [0.2, 0.25) is 0 Å². The van der Waals surface area contributed by atoms with Gasteiger partial charge in [-0.1, -0.05) is 19.9 Å². The molecule has 2 heterocycles. The van der Waals surface area contributed by atoms with E-state index < -0.39 is 0 Å². The van der Waals surface area contributed by atoms with E-state index in [4.69, 9.17) is 0 Å². The molecule has 1 amide bonds. The molecule has 1 fully saturated rings. The first kappa shape index (κ1) is 22.2. The first-order valence-corrected chi connectivity index (χ1v) is 8.04. The fourth-order valence-electron chi connectivity index (χ4n) is 2.94. The lowest BCUT2D eigenvalue weighted by molar-refractivity contribution is -0.121. The molecule has 2 atom stereocenters. The number of carbonyl (C=O) groups is 1. The summed E-state index contributed by atoms with van der Waals surface area (Å²) in [5.74, 6) is 1.66. The highest BCUT2D eigenvalue weighted by atomic mass is 35.5. The predicted octanol–water partition coefficient (Wildman–Crippen LogP) is 3.17. The highest BCUT2D eigenvalue weighted by molar-refractivity contribution is 5.85. The van der Waals surface area contributed by atoms with Crippen molar-refractivity contribution in [2.75, 3.05) is 19.6 Å². The molecule has 1 aromatic heterocycles. The second kappa shape index (κ2) is 11.7. The van der Waals surface area contributed by atoms with Gasteiger partial charge in [0.15, 0.2) is 0 Å². The monoisotopic (exact) mass is 361 g/mol. The summed E-state index contributed by atoms with van der Waals surface area (Å²) < 4.78 is 0. The summed E-state index contributed by atoms with van der Waals surface area (Å²) in [5.41, 5.74) is 1.20. The molecule has 4 nitrogen and oxygen atoms in total. The van der Waals surface area contributed by atoms with Crippen LogP contribution in [-0.2, 0) is 4.79 Å². The minimum Gasteiger partial charge on any atom is -0.355 e. The van der Waals surface area contributed by atoms with E-state index in [0.29, 0.717) is 30.7 Å². The van der Waals surface area contributed by atoms with Crippen LogP contribution in [0.5, 0.6) is 0 Å². The van der Waals surface area contributed by atoms with Crippen LogP contribution in [0.25, 0.3) is 0 Å². The fourth-order valence-corrected chi connectivity index (χ4v) is 2.94. The standard InChI is InChI=1S/C17H27N3O.2ClH/c1-13(2)16(15-4-3-8-18-11-15)12-20-17(21)6-5-14-7-9-19-10-14;;/h3-4,8,11,13-14,16,19H,5-7,9-10,12H2,1-2H3,(H,20,21);2*1H. The molecular weight excluding hydrogens is 333 g/mol. The molecule has 1 aliphatic heterocycles. The van der Waals surface area contributed by atoms with Gasteiger partial charge >= 0.3 is 0 Å². The molecule has 1 aliphatic rings. The Labute approximate surface area is 152 Å². The number of halogens is 2. The van der Waals surface area contributed by atoms with Crippen LogP contribution >= 0.6 is 24.8 Å². The summed E-state index contributed by atoms with van der Waals surface area (Å²) in [6.07, 6.45) is 6.54. The van der Waals surface area contributed by atoms with Crippen molar-refractivity contribution in [1.82, 2.24) is 15.6 Å². The molecule has 2 N–H and O–H groups in total. The Morgan fingerprint density at radius 1 is 1.43 bits per heavy atom. The molecule has 0 saturated carbocycles. The Bertz CT molecular complexity index is 437. The zero-order valence-corrected chi connectivity index (χ0v) is 15.6. The number of nitrogens with zero attached hydrogens (tertiary/aromatic N) is 1. The van der Waals surface area contributed by atoms with E-state index in [-0.39, 0.29) is 30.7 Å². The van der Waals surface area contributed by atoms with Crippen LogP contribution in [0.4, 0.5) is 0 Å². The van der Waals surface area contributed by atoms with Gasteiger partial charge in [0.2, 0.25) is 5.91 Å². The van der Waals surface area contributed by atoms with E-state index in [1.54, 1.807) is 6.20 Å². The zero-order valence-electron chi connectivity index (χ0n) is 14.0. The third-order valence-corrected chi connectivity index (χ3v) is 4.38. The highest BCUT2D eigenvalue weighted by Gasteiger charge is 2.18. The molecule has 2 unspecified atom stereocenters. The topological polar surface area (TPSA) is 54.0 Å². The number of rotatable bonds is 7. The van der Waals surface area contributed by atoms with Crippen LogP contribution < -0.4 is 10.6 Å². The van der Waals surface area contributed by atoms with Crippen molar-refractivity contribution in [3.63, 3.8) is 0 Å². The van der Waals surface area contributed by atoms with E-state index in [0.717, 1.165) is 19.5 Å². The molecular formula is C17H29Cl2N3O. The van der Waals surface area contributed by atoms with Crippen molar-refractivity contribution in [2.45, 2.75) is 39.0 Å². The van der Waals surface area contributed by atoms with Crippen LogP contribution in [0.15, 0.2) is 24.5 Å². The van der Waals surface area contributed by atoms with Crippen molar-refractivity contribution < 1.29 is 4.79 Å². The van der Waals surface area contributed by atoms with Gasteiger partial charge in [-0.05, 0) is 49.4 Å². The number of aromatic nitrogens is 1. The number of hydrogen-bond acceptors (Lipinski definition) is 3. The maximum Gasteiger partial charge on any atom is 0.220 e. The van der Waals surface area contributed by atoms with Crippen LogP contribution in [0.3, 0.4) is 0 Å². The Morgan fingerprint density at radius 3 is 2.78 bits per heavy atom. The highest BCUT2D eigenvalue weighted by Crippen LogP contribution is 2.22. The van der Waals surface area contributed by atoms with Crippen molar-refractivity contribution >= 4 is 30.7 Å². The van der Waals surface area contributed by atoms with Crippen molar-refractivity contribution in [2.24, 2.45) is 11.8 Å². The van der Waals surface area contributed by atoms with Crippen LogP contribution in [0.1, 0.15) is 44.6 Å². The lowest BCUT2D eigenvalue weighted by atomic mass is 9.89. The number of amides is 1. The smallest absolute Gasteiger partial charge is 0.220 e. The van der Waals surface area contributed by atoms with Gasteiger partial charge in [0.05, 0.1) is 0 Å². The van der Waals surface area contributed by atoms with Crippen molar-refractivity contribution in [1.29, 1.82) is 0 Å². The number of hydrogen-bond donors (Lipinski definition) is 2. The van der Waals surface area contributed by atoms with Crippen LogP contribution in [0, 0.1) is 11.8 Å². The second-order valence-electron chi connectivity index (χ2n) is 6.34. The van der Waals surface area contributed by atoms with Gasteiger partial charge in [0.25, 0.3) is 0 Å². The summed E-state index contributed by atoms with van der Waals surface area (Å²) in [6, 6.07) is 4.05.